The van der Waals surface area contributed by atoms with Gasteiger partial charge in [-0.05, 0) is 36.8 Å². The van der Waals surface area contributed by atoms with Crippen LogP contribution in [-0.2, 0) is 0 Å². The van der Waals surface area contributed by atoms with Crippen LogP contribution in [0.1, 0.15) is 5.56 Å². The van der Waals surface area contributed by atoms with E-state index < -0.39 is 0 Å². The summed E-state index contributed by atoms with van der Waals surface area (Å²) < 4.78 is 19.5. The van der Waals surface area contributed by atoms with Crippen LogP contribution in [0.5, 0.6) is 0 Å². The van der Waals surface area contributed by atoms with Gasteiger partial charge in [0.15, 0.2) is 0 Å². The summed E-state index contributed by atoms with van der Waals surface area (Å²) in [4.78, 5) is 0. The van der Waals surface area contributed by atoms with Crippen LogP contribution in [0, 0.1) is 12.7 Å². The van der Waals surface area contributed by atoms with Crippen molar-refractivity contribution in [1.82, 2.24) is 5.16 Å². The maximum absolute atomic E-state index is 13.4. The smallest absolute Gasteiger partial charge is 0.230 e. The predicted molar refractivity (Wildman–Crippen MR) is 84.2 cm³/mol. The molecule has 0 unspecified atom stereocenters. The number of anilines is 1. The molecule has 5 heteroatoms. The van der Waals surface area contributed by atoms with Gasteiger partial charge in [-0.15, -0.1) is 0 Å². The van der Waals surface area contributed by atoms with Crippen LogP contribution in [0.3, 0.4) is 0 Å². The van der Waals surface area contributed by atoms with Gasteiger partial charge in [0.1, 0.15) is 11.5 Å². The summed E-state index contributed by atoms with van der Waals surface area (Å²) in [6, 6.07) is 12.5. The van der Waals surface area contributed by atoms with E-state index in [0.29, 0.717) is 16.8 Å². The van der Waals surface area contributed by atoms with Gasteiger partial charge in [-0.1, -0.05) is 39.3 Å². The Labute approximate surface area is 129 Å². The standard InChI is InChI=1S/C16H12BrFN2O/c1-9-8-10(6-7-13(9)18)15-14(16(19)21-20-15)11-4-2-3-5-12(11)17/h2-8H,19H2,1H3. The van der Waals surface area contributed by atoms with Crippen molar-refractivity contribution >= 4 is 21.8 Å². The Hall–Kier alpha value is -2.14. The fourth-order valence-corrected chi connectivity index (χ4v) is 2.70. The van der Waals surface area contributed by atoms with Gasteiger partial charge in [-0.3, -0.25) is 0 Å². The molecule has 0 radical (unpaired) electrons. The van der Waals surface area contributed by atoms with Crippen LogP contribution in [0.25, 0.3) is 22.4 Å². The van der Waals surface area contributed by atoms with E-state index in [1.54, 1.807) is 19.1 Å². The Morgan fingerprint density at radius 3 is 2.67 bits per heavy atom. The predicted octanol–water partition coefficient (Wildman–Crippen LogP) is 4.80. The molecule has 0 aliphatic heterocycles. The molecule has 0 saturated heterocycles. The van der Waals surface area contributed by atoms with Crippen molar-refractivity contribution in [3.63, 3.8) is 0 Å². The van der Waals surface area contributed by atoms with Gasteiger partial charge in [0, 0.05) is 15.6 Å². The molecule has 0 spiro atoms. The second-order valence-electron chi connectivity index (χ2n) is 4.71. The molecule has 21 heavy (non-hydrogen) atoms. The van der Waals surface area contributed by atoms with Gasteiger partial charge < -0.3 is 10.3 Å². The van der Waals surface area contributed by atoms with E-state index in [-0.39, 0.29) is 11.7 Å². The summed E-state index contributed by atoms with van der Waals surface area (Å²) in [5, 5.41) is 4.03. The number of halogens is 2. The van der Waals surface area contributed by atoms with Gasteiger partial charge in [-0.2, -0.15) is 0 Å². The normalized spacial score (nSPS) is 10.8. The molecule has 0 fully saturated rings. The molecule has 1 heterocycles. The van der Waals surface area contributed by atoms with E-state index in [9.17, 15) is 4.39 Å². The number of aryl methyl sites for hydroxylation is 1. The van der Waals surface area contributed by atoms with Crippen LogP contribution in [-0.4, -0.2) is 5.16 Å². The molecule has 0 bridgehead atoms. The topological polar surface area (TPSA) is 52.0 Å². The number of nitrogen functional groups attached to an aromatic ring is 1. The maximum atomic E-state index is 13.4. The first-order valence-corrected chi connectivity index (χ1v) is 7.14. The monoisotopic (exact) mass is 346 g/mol. The third-order valence-corrected chi connectivity index (χ3v) is 3.98. The first-order chi connectivity index (χ1) is 10.1. The van der Waals surface area contributed by atoms with Crippen molar-refractivity contribution in [2.24, 2.45) is 0 Å². The number of nitrogens with zero attached hydrogens (tertiary/aromatic N) is 1. The van der Waals surface area contributed by atoms with E-state index in [4.69, 9.17) is 10.3 Å². The summed E-state index contributed by atoms with van der Waals surface area (Å²) in [5.74, 6) is -0.0171. The van der Waals surface area contributed by atoms with Crippen molar-refractivity contribution in [3.05, 3.63) is 58.3 Å². The van der Waals surface area contributed by atoms with Crippen LogP contribution in [0.4, 0.5) is 10.3 Å². The number of rotatable bonds is 2. The Morgan fingerprint density at radius 2 is 1.95 bits per heavy atom. The quantitative estimate of drug-likeness (QED) is 0.724. The molecule has 0 atom stereocenters. The Kier molecular flexibility index (Phi) is 3.51. The maximum Gasteiger partial charge on any atom is 0.230 e. The highest BCUT2D eigenvalue weighted by atomic mass is 79.9. The number of hydrogen-bond acceptors (Lipinski definition) is 3. The van der Waals surface area contributed by atoms with Gasteiger partial charge >= 0.3 is 0 Å². The fourth-order valence-electron chi connectivity index (χ4n) is 2.22. The number of nitrogens with two attached hydrogens (primary N) is 1. The van der Waals surface area contributed by atoms with E-state index in [1.807, 2.05) is 24.3 Å². The van der Waals surface area contributed by atoms with Gasteiger partial charge in [0.25, 0.3) is 0 Å². The average Bonchev–Trinajstić information content (AvgIpc) is 2.84. The summed E-state index contributed by atoms with van der Waals surface area (Å²) >= 11 is 3.50. The summed E-state index contributed by atoms with van der Waals surface area (Å²) in [7, 11) is 0. The van der Waals surface area contributed by atoms with Gasteiger partial charge in [0.05, 0.1) is 5.56 Å². The number of hydrogen-bond donors (Lipinski definition) is 1. The van der Waals surface area contributed by atoms with Crippen molar-refractivity contribution in [2.45, 2.75) is 6.92 Å². The molecule has 0 aliphatic carbocycles. The molecule has 3 rings (SSSR count). The minimum absolute atomic E-state index is 0.235. The molecular formula is C16H12BrFN2O. The van der Waals surface area contributed by atoms with Gasteiger partial charge in [0.2, 0.25) is 5.88 Å². The van der Waals surface area contributed by atoms with E-state index in [1.165, 1.54) is 6.07 Å². The Morgan fingerprint density at radius 1 is 1.19 bits per heavy atom. The molecule has 3 aromatic rings. The van der Waals surface area contributed by atoms with Gasteiger partial charge in [-0.25, -0.2) is 4.39 Å². The van der Waals surface area contributed by atoms with Crippen molar-refractivity contribution in [2.75, 3.05) is 5.73 Å². The second-order valence-corrected chi connectivity index (χ2v) is 5.57. The lowest BCUT2D eigenvalue weighted by Crippen LogP contribution is -1.90. The van der Waals surface area contributed by atoms with Crippen LogP contribution in [0.2, 0.25) is 0 Å². The van der Waals surface area contributed by atoms with E-state index in [0.717, 1.165) is 15.6 Å². The lowest BCUT2D eigenvalue weighted by Gasteiger charge is -2.06. The molecule has 0 amide bonds. The minimum Gasteiger partial charge on any atom is -0.367 e. The highest BCUT2D eigenvalue weighted by Gasteiger charge is 2.19. The lowest BCUT2D eigenvalue weighted by molar-refractivity contribution is 0.439. The SMILES string of the molecule is Cc1cc(-c2noc(N)c2-c2ccccc2Br)ccc1F. The lowest BCUT2D eigenvalue weighted by atomic mass is 10.00. The highest BCUT2D eigenvalue weighted by molar-refractivity contribution is 9.10. The Balaban J connectivity index is 2.22. The number of benzene rings is 2. The zero-order valence-corrected chi connectivity index (χ0v) is 12.8. The number of aromatic nitrogens is 1. The first kappa shape index (κ1) is 13.8. The zero-order chi connectivity index (χ0) is 15.0. The molecule has 0 saturated carbocycles. The molecule has 3 nitrogen and oxygen atoms in total. The van der Waals surface area contributed by atoms with Crippen LogP contribution in [0.15, 0.2) is 51.5 Å². The van der Waals surface area contributed by atoms with Crippen molar-refractivity contribution in [3.8, 4) is 22.4 Å². The molecule has 2 aromatic carbocycles. The fraction of sp³-hybridized carbons (Fsp3) is 0.0625. The second kappa shape index (κ2) is 5.33. The molecular weight excluding hydrogens is 335 g/mol. The Bertz CT molecular complexity index is 814. The molecule has 2 N–H and O–H groups in total. The molecule has 0 aliphatic rings. The summed E-state index contributed by atoms with van der Waals surface area (Å²) in [6.07, 6.45) is 0. The summed E-state index contributed by atoms with van der Waals surface area (Å²) in [6.45, 7) is 1.71. The largest absolute Gasteiger partial charge is 0.367 e. The van der Waals surface area contributed by atoms with Crippen molar-refractivity contribution < 1.29 is 8.91 Å². The zero-order valence-electron chi connectivity index (χ0n) is 11.2. The minimum atomic E-state index is -0.252. The van der Waals surface area contributed by atoms with Crippen LogP contribution >= 0.6 is 15.9 Å². The summed E-state index contributed by atoms with van der Waals surface area (Å²) in [5.41, 5.74) is 9.42. The average molecular weight is 347 g/mol. The van der Waals surface area contributed by atoms with Crippen molar-refractivity contribution in [1.29, 1.82) is 0 Å². The highest BCUT2D eigenvalue weighted by Crippen LogP contribution is 2.39. The van der Waals surface area contributed by atoms with E-state index >= 15 is 0 Å². The third-order valence-electron chi connectivity index (χ3n) is 3.29. The third kappa shape index (κ3) is 2.45. The molecule has 1 aromatic heterocycles. The van der Waals surface area contributed by atoms with Crippen LogP contribution < -0.4 is 5.73 Å². The molecule has 106 valence electrons. The first-order valence-electron chi connectivity index (χ1n) is 6.34. The van der Waals surface area contributed by atoms with E-state index in [2.05, 4.69) is 21.1 Å².